The highest BCUT2D eigenvalue weighted by Gasteiger charge is 2.31. The van der Waals surface area contributed by atoms with E-state index in [4.69, 9.17) is 9.97 Å². The highest BCUT2D eigenvalue weighted by molar-refractivity contribution is 5.69. The van der Waals surface area contributed by atoms with Crippen LogP contribution in [-0.2, 0) is 10.8 Å². The fraction of sp³-hybridized carbons (Fsp3) is 0.214. The topological polar surface area (TPSA) is 112 Å². The molecule has 8 bridgehead atoms. The highest BCUT2D eigenvalue weighted by atomic mass is 16.6. The third kappa shape index (κ3) is 3.80. The van der Waals surface area contributed by atoms with Crippen molar-refractivity contribution in [3.8, 4) is 22.5 Å². The molecular formula is C28H24N4O4. The molecule has 36 heavy (non-hydrogen) atoms. The molecule has 0 atom stereocenters. The van der Waals surface area contributed by atoms with Gasteiger partial charge in [-0.15, -0.1) is 0 Å². The molecule has 0 aliphatic carbocycles. The van der Waals surface area contributed by atoms with Gasteiger partial charge in [-0.25, -0.2) is 0 Å². The van der Waals surface area contributed by atoms with Gasteiger partial charge in [-0.05, 0) is 61.4 Å². The molecule has 0 saturated heterocycles. The Morgan fingerprint density at radius 1 is 0.611 bits per heavy atom. The lowest BCUT2D eigenvalue weighted by Crippen LogP contribution is -2.23. The fourth-order valence-electron chi connectivity index (χ4n) is 4.64. The standard InChI is InChI=1S/C28H24N4O4/c1-27(2)19-11-17(13-21(15-19)31(33)34)23-7-5-9-25(29-23)28(3,4)26-10-6-8-24(30-26)18-12-20(27)16-22(14-18)32(35)36/h5-16H,1-4H3. The van der Waals surface area contributed by atoms with Gasteiger partial charge >= 0.3 is 0 Å². The molecule has 0 fully saturated rings. The number of benzene rings is 2. The second kappa shape index (κ2) is 8.05. The minimum Gasteiger partial charge on any atom is -0.258 e. The van der Waals surface area contributed by atoms with Gasteiger partial charge < -0.3 is 0 Å². The van der Waals surface area contributed by atoms with Crippen molar-refractivity contribution in [2.45, 2.75) is 38.5 Å². The monoisotopic (exact) mass is 480 g/mol. The third-order valence-electron chi connectivity index (χ3n) is 7.07. The number of nitro benzene ring substituents is 2. The average Bonchev–Trinajstić information content (AvgIpc) is 2.87. The largest absolute Gasteiger partial charge is 0.270 e. The summed E-state index contributed by atoms with van der Waals surface area (Å²) in [6.07, 6.45) is 0. The Bertz CT molecular complexity index is 1450. The maximum absolute atomic E-state index is 11.9. The van der Waals surface area contributed by atoms with E-state index >= 15 is 0 Å². The lowest BCUT2D eigenvalue weighted by atomic mass is 9.76. The minimum atomic E-state index is -0.792. The third-order valence-corrected chi connectivity index (χ3v) is 7.07. The molecule has 3 heterocycles. The van der Waals surface area contributed by atoms with Crippen LogP contribution in [0.15, 0.2) is 72.8 Å². The molecule has 0 saturated carbocycles. The van der Waals surface area contributed by atoms with Gasteiger partial charge in [-0.2, -0.15) is 0 Å². The van der Waals surface area contributed by atoms with E-state index in [1.807, 2.05) is 76.2 Å². The van der Waals surface area contributed by atoms with E-state index in [0.29, 0.717) is 33.6 Å². The summed E-state index contributed by atoms with van der Waals surface area (Å²) in [6.45, 7) is 7.83. The summed E-state index contributed by atoms with van der Waals surface area (Å²) in [4.78, 5) is 32.7. The van der Waals surface area contributed by atoms with Gasteiger partial charge in [0.05, 0.1) is 32.6 Å². The van der Waals surface area contributed by atoms with E-state index in [1.165, 1.54) is 24.3 Å². The molecule has 4 aromatic rings. The number of rotatable bonds is 2. The molecule has 0 spiro atoms. The number of non-ortho nitro benzene ring substituents is 2. The molecular weight excluding hydrogens is 456 g/mol. The van der Waals surface area contributed by atoms with Crippen molar-refractivity contribution in [2.24, 2.45) is 0 Å². The lowest BCUT2D eigenvalue weighted by molar-refractivity contribution is -0.385. The van der Waals surface area contributed by atoms with Gasteiger partial charge in [-0.1, -0.05) is 26.0 Å². The van der Waals surface area contributed by atoms with Crippen LogP contribution in [0.5, 0.6) is 0 Å². The zero-order chi connectivity index (χ0) is 25.8. The first-order valence-electron chi connectivity index (χ1n) is 11.5. The van der Waals surface area contributed by atoms with Crippen LogP contribution in [0.1, 0.15) is 50.2 Å². The van der Waals surface area contributed by atoms with Crippen molar-refractivity contribution in [3.63, 3.8) is 0 Å². The Kier molecular flexibility index (Phi) is 5.21. The molecule has 8 nitrogen and oxygen atoms in total. The average molecular weight is 481 g/mol. The summed E-state index contributed by atoms with van der Waals surface area (Å²) < 4.78 is 0. The van der Waals surface area contributed by atoms with Crippen molar-refractivity contribution in [3.05, 3.63) is 116 Å². The molecule has 0 amide bonds. The van der Waals surface area contributed by atoms with E-state index in [2.05, 4.69) is 0 Å². The second-order valence-electron chi connectivity index (χ2n) is 10.1. The molecule has 5 rings (SSSR count). The summed E-state index contributed by atoms with van der Waals surface area (Å²) >= 11 is 0. The number of pyridine rings is 2. The van der Waals surface area contributed by atoms with E-state index < -0.39 is 20.7 Å². The van der Waals surface area contributed by atoms with Gasteiger partial charge in [-0.3, -0.25) is 30.2 Å². The molecule has 2 aromatic carbocycles. The number of aromatic nitrogens is 2. The first-order chi connectivity index (χ1) is 17.0. The molecule has 2 aromatic heterocycles. The molecule has 0 unspecified atom stereocenters. The van der Waals surface area contributed by atoms with E-state index in [0.717, 1.165) is 11.4 Å². The Balaban J connectivity index is 1.92. The van der Waals surface area contributed by atoms with E-state index in [-0.39, 0.29) is 11.4 Å². The summed E-state index contributed by atoms with van der Waals surface area (Å²) in [5.41, 5.74) is 3.74. The van der Waals surface area contributed by atoms with Gasteiger partial charge in [0.1, 0.15) is 0 Å². The van der Waals surface area contributed by atoms with Gasteiger partial charge in [0, 0.05) is 46.2 Å². The van der Waals surface area contributed by atoms with E-state index in [1.54, 1.807) is 0 Å². The quantitative estimate of drug-likeness (QED) is 0.236. The van der Waals surface area contributed by atoms with Crippen LogP contribution in [-0.4, -0.2) is 19.8 Å². The number of fused-ring (bicyclic) bond motifs is 10. The van der Waals surface area contributed by atoms with Crippen molar-refractivity contribution in [2.75, 3.05) is 0 Å². The molecule has 1 aliphatic heterocycles. The van der Waals surface area contributed by atoms with Crippen molar-refractivity contribution in [1.82, 2.24) is 9.97 Å². The van der Waals surface area contributed by atoms with Crippen LogP contribution < -0.4 is 0 Å². The first kappa shape index (κ1) is 23.3. The number of nitrogens with zero attached hydrogens (tertiary/aromatic N) is 4. The summed E-state index contributed by atoms with van der Waals surface area (Å²) in [7, 11) is 0. The Morgan fingerprint density at radius 3 is 1.42 bits per heavy atom. The fourth-order valence-corrected chi connectivity index (χ4v) is 4.64. The lowest BCUT2D eigenvalue weighted by Gasteiger charge is -2.28. The number of hydrogen-bond acceptors (Lipinski definition) is 6. The minimum absolute atomic E-state index is 0.0633. The smallest absolute Gasteiger partial charge is 0.258 e. The van der Waals surface area contributed by atoms with Gasteiger partial charge in [0.2, 0.25) is 0 Å². The maximum Gasteiger partial charge on any atom is 0.270 e. The summed E-state index contributed by atoms with van der Waals surface area (Å²) in [5, 5.41) is 23.8. The normalized spacial score (nSPS) is 15.0. The van der Waals surface area contributed by atoms with Crippen LogP contribution in [0, 0.1) is 20.2 Å². The predicted octanol–water partition coefficient (Wildman–Crippen LogP) is 6.59. The Labute approximate surface area is 208 Å². The van der Waals surface area contributed by atoms with Gasteiger partial charge in [0.15, 0.2) is 0 Å². The van der Waals surface area contributed by atoms with Crippen LogP contribution in [0.3, 0.4) is 0 Å². The van der Waals surface area contributed by atoms with Crippen LogP contribution in [0.2, 0.25) is 0 Å². The second-order valence-corrected chi connectivity index (χ2v) is 10.1. The molecule has 8 heteroatoms. The van der Waals surface area contributed by atoms with E-state index in [9.17, 15) is 20.2 Å². The Hall–Kier alpha value is -4.46. The SMILES string of the molecule is CC1(C)c2cc(cc([N+](=O)[O-])c2)-c2cccc(n2)C(C)(C)c2cccc(n2)-c2cc([N+](=O)[O-])cc1c2. The van der Waals surface area contributed by atoms with Crippen LogP contribution in [0.4, 0.5) is 11.4 Å². The van der Waals surface area contributed by atoms with Crippen LogP contribution >= 0.6 is 0 Å². The van der Waals surface area contributed by atoms with Crippen molar-refractivity contribution < 1.29 is 9.85 Å². The highest BCUT2D eigenvalue weighted by Crippen LogP contribution is 2.40. The van der Waals surface area contributed by atoms with Crippen molar-refractivity contribution >= 4 is 11.4 Å². The van der Waals surface area contributed by atoms with Crippen LogP contribution in [0.25, 0.3) is 22.5 Å². The zero-order valence-electron chi connectivity index (χ0n) is 20.4. The Morgan fingerprint density at radius 2 is 1.03 bits per heavy atom. The molecule has 1 aliphatic rings. The first-order valence-corrected chi connectivity index (χ1v) is 11.5. The van der Waals surface area contributed by atoms with Gasteiger partial charge in [0.25, 0.3) is 11.4 Å². The molecule has 180 valence electrons. The van der Waals surface area contributed by atoms with Crippen molar-refractivity contribution in [1.29, 1.82) is 0 Å². The number of hydrogen-bond donors (Lipinski definition) is 0. The predicted molar refractivity (Wildman–Crippen MR) is 137 cm³/mol. The summed E-state index contributed by atoms with van der Waals surface area (Å²) in [6, 6.07) is 21.1. The molecule has 0 N–H and O–H groups in total. The molecule has 0 radical (unpaired) electrons. The number of nitro groups is 2. The maximum atomic E-state index is 11.9. The zero-order valence-corrected chi connectivity index (χ0v) is 20.4. The summed E-state index contributed by atoms with van der Waals surface area (Å²) in [5.74, 6) is 0.